The molecule has 0 atom stereocenters. The van der Waals surface area contributed by atoms with E-state index in [4.69, 9.17) is 0 Å². The molecule has 0 spiro atoms. The molecule has 0 aliphatic carbocycles. The molecule has 1 aromatic carbocycles. The molecule has 19 heavy (non-hydrogen) atoms. The summed E-state index contributed by atoms with van der Waals surface area (Å²) in [4.78, 5) is 0.346. The quantitative estimate of drug-likeness (QED) is 0.801. The topological polar surface area (TPSA) is 49.4 Å². The van der Waals surface area contributed by atoms with Gasteiger partial charge in [-0.3, -0.25) is 0 Å². The lowest BCUT2D eigenvalue weighted by molar-refractivity contribution is 0.488. The van der Waals surface area contributed by atoms with Crippen LogP contribution in [-0.2, 0) is 10.0 Å². The van der Waals surface area contributed by atoms with E-state index in [-0.39, 0.29) is 0 Å². The van der Waals surface area contributed by atoms with Gasteiger partial charge in [0.05, 0.1) is 4.90 Å². The van der Waals surface area contributed by atoms with Gasteiger partial charge in [0, 0.05) is 31.6 Å². The minimum absolute atomic E-state index is 0.346. The van der Waals surface area contributed by atoms with Crippen molar-refractivity contribution in [2.75, 3.05) is 37.5 Å². The lowest BCUT2D eigenvalue weighted by atomic mass is 10.3. The van der Waals surface area contributed by atoms with Crippen LogP contribution in [0.2, 0.25) is 0 Å². The molecule has 0 aromatic heterocycles. The molecule has 0 radical (unpaired) electrons. The molecule has 0 heterocycles. The van der Waals surface area contributed by atoms with Crippen LogP contribution in [0.25, 0.3) is 0 Å². The van der Waals surface area contributed by atoms with E-state index in [1.54, 1.807) is 30.9 Å². The Balaban J connectivity index is 2.78. The van der Waals surface area contributed by atoms with Crippen molar-refractivity contribution in [3.05, 3.63) is 24.3 Å². The third-order valence-corrected chi connectivity index (χ3v) is 5.21. The summed E-state index contributed by atoms with van der Waals surface area (Å²) in [5.74, 6) is 0.797. The fraction of sp³-hybridized carbons (Fsp3) is 0.538. The Hall–Kier alpha value is -0.720. The number of thioether (sulfide) groups is 1. The lowest BCUT2D eigenvalue weighted by Gasteiger charge is -2.16. The van der Waals surface area contributed by atoms with Crippen LogP contribution in [-0.4, -0.2) is 44.9 Å². The third kappa shape index (κ3) is 4.71. The molecular formula is C13H22N2O2S2. The first-order valence-corrected chi connectivity index (χ1v) is 9.15. The SMILES string of the molecule is CCCNc1ccc(S(=O)(=O)N(C)CCSC)cc1. The first-order chi connectivity index (χ1) is 9.02. The van der Waals surface area contributed by atoms with E-state index in [9.17, 15) is 8.42 Å². The highest BCUT2D eigenvalue weighted by Gasteiger charge is 2.19. The molecule has 0 fully saturated rings. The van der Waals surface area contributed by atoms with E-state index < -0.39 is 10.0 Å². The number of rotatable bonds is 8. The molecule has 6 heteroatoms. The zero-order valence-corrected chi connectivity index (χ0v) is 13.4. The fourth-order valence-electron chi connectivity index (χ4n) is 1.53. The summed E-state index contributed by atoms with van der Waals surface area (Å²) in [6, 6.07) is 6.93. The maximum Gasteiger partial charge on any atom is 0.242 e. The Kier molecular flexibility index (Phi) is 6.68. The normalized spacial score (nSPS) is 11.8. The number of anilines is 1. The van der Waals surface area contributed by atoms with Crippen LogP contribution in [0.15, 0.2) is 29.2 Å². The van der Waals surface area contributed by atoms with Gasteiger partial charge in [-0.2, -0.15) is 11.8 Å². The molecule has 4 nitrogen and oxygen atoms in total. The maximum atomic E-state index is 12.3. The lowest BCUT2D eigenvalue weighted by Crippen LogP contribution is -2.29. The van der Waals surface area contributed by atoms with Gasteiger partial charge in [-0.05, 0) is 36.9 Å². The van der Waals surface area contributed by atoms with E-state index >= 15 is 0 Å². The van der Waals surface area contributed by atoms with Crippen LogP contribution in [0, 0.1) is 0 Å². The summed E-state index contributed by atoms with van der Waals surface area (Å²) in [6.45, 7) is 3.51. The second kappa shape index (κ2) is 7.77. The Bertz CT molecular complexity index is 472. The first-order valence-electron chi connectivity index (χ1n) is 6.31. The number of hydrogen-bond donors (Lipinski definition) is 1. The minimum atomic E-state index is -3.36. The van der Waals surface area contributed by atoms with E-state index in [0.29, 0.717) is 11.4 Å². The molecule has 0 aliphatic rings. The zero-order chi connectivity index (χ0) is 14.3. The standard InChI is InChI=1S/C13H22N2O2S2/c1-4-9-14-12-5-7-13(8-6-12)19(16,17)15(2)10-11-18-3/h5-8,14H,4,9-11H2,1-3H3. The smallest absolute Gasteiger partial charge is 0.242 e. The summed E-state index contributed by atoms with van der Waals surface area (Å²) in [5.41, 5.74) is 0.951. The summed E-state index contributed by atoms with van der Waals surface area (Å²) in [6.07, 6.45) is 3.01. The number of sulfonamides is 1. The van der Waals surface area contributed by atoms with Gasteiger partial charge < -0.3 is 5.32 Å². The molecule has 0 aliphatic heterocycles. The van der Waals surface area contributed by atoms with Crippen LogP contribution in [0.5, 0.6) is 0 Å². The predicted octanol–water partition coefficient (Wildman–Crippen LogP) is 2.49. The number of nitrogens with zero attached hydrogens (tertiary/aromatic N) is 1. The highest BCUT2D eigenvalue weighted by atomic mass is 32.2. The van der Waals surface area contributed by atoms with E-state index in [0.717, 1.165) is 24.4 Å². The maximum absolute atomic E-state index is 12.3. The second-order valence-electron chi connectivity index (χ2n) is 4.27. The molecule has 0 saturated heterocycles. The van der Waals surface area contributed by atoms with Crippen molar-refractivity contribution in [2.45, 2.75) is 18.2 Å². The number of nitrogens with one attached hydrogen (secondary N) is 1. The molecule has 1 N–H and O–H groups in total. The van der Waals surface area contributed by atoms with Crippen LogP contribution in [0.1, 0.15) is 13.3 Å². The van der Waals surface area contributed by atoms with Crippen molar-refractivity contribution in [3.8, 4) is 0 Å². The Morgan fingerprint density at radius 1 is 1.26 bits per heavy atom. The van der Waals surface area contributed by atoms with Crippen LogP contribution in [0.3, 0.4) is 0 Å². The Morgan fingerprint density at radius 3 is 2.42 bits per heavy atom. The molecule has 0 saturated carbocycles. The molecule has 1 aromatic rings. The predicted molar refractivity (Wildman–Crippen MR) is 83.4 cm³/mol. The second-order valence-corrected chi connectivity index (χ2v) is 7.30. The zero-order valence-electron chi connectivity index (χ0n) is 11.7. The molecule has 108 valence electrons. The fourth-order valence-corrected chi connectivity index (χ4v) is 3.28. The highest BCUT2D eigenvalue weighted by molar-refractivity contribution is 7.98. The van der Waals surface area contributed by atoms with Gasteiger partial charge in [0.1, 0.15) is 0 Å². The average Bonchev–Trinajstić information content (AvgIpc) is 2.42. The Morgan fingerprint density at radius 2 is 1.89 bits per heavy atom. The first kappa shape index (κ1) is 16.3. The molecule has 0 unspecified atom stereocenters. The van der Waals surface area contributed by atoms with E-state index in [2.05, 4.69) is 12.2 Å². The summed E-state index contributed by atoms with van der Waals surface area (Å²) in [7, 11) is -1.74. The van der Waals surface area contributed by atoms with Gasteiger partial charge in [-0.1, -0.05) is 6.92 Å². The van der Waals surface area contributed by atoms with Gasteiger partial charge in [-0.15, -0.1) is 0 Å². The van der Waals surface area contributed by atoms with E-state index in [1.165, 1.54) is 4.31 Å². The number of benzene rings is 1. The van der Waals surface area contributed by atoms with Gasteiger partial charge in [-0.25, -0.2) is 12.7 Å². The monoisotopic (exact) mass is 302 g/mol. The van der Waals surface area contributed by atoms with Gasteiger partial charge >= 0.3 is 0 Å². The number of hydrogen-bond acceptors (Lipinski definition) is 4. The van der Waals surface area contributed by atoms with Crippen molar-refractivity contribution < 1.29 is 8.42 Å². The summed E-state index contributed by atoms with van der Waals surface area (Å²) in [5, 5.41) is 3.22. The van der Waals surface area contributed by atoms with Crippen molar-refractivity contribution in [2.24, 2.45) is 0 Å². The molecule has 0 bridgehead atoms. The van der Waals surface area contributed by atoms with Gasteiger partial charge in [0.15, 0.2) is 0 Å². The van der Waals surface area contributed by atoms with Gasteiger partial charge in [0.2, 0.25) is 10.0 Å². The molecule has 0 amide bonds. The van der Waals surface area contributed by atoms with E-state index in [1.807, 2.05) is 18.4 Å². The van der Waals surface area contributed by atoms with Crippen molar-refractivity contribution >= 4 is 27.5 Å². The molecular weight excluding hydrogens is 280 g/mol. The summed E-state index contributed by atoms with van der Waals surface area (Å²) >= 11 is 1.64. The van der Waals surface area contributed by atoms with Crippen molar-refractivity contribution in [1.82, 2.24) is 4.31 Å². The third-order valence-electron chi connectivity index (χ3n) is 2.75. The van der Waals surface area contributed by atoms with Crippen LogP contribution >= 0.6 is 11.8 Å². The van der Waals surface area contributed by atoms with Crippen molar-refractivity contribution in [3.63, 3.8) is 0 Å². The molecule has 1 rings (SSSR count). The summed E-state index contributed by atoms with van der Waals surface area (Å²) < 4.78 is 25.9. The van der Waals surface area contributed by atoms with Gasteiger partial charge in [0.25, 0.3) is 0 Å². The van der Waals surface area contributed by atoms with Crippen LogP contribution in [0.4, 0.5) is 5.69 Å². The highest BCUT2D eigenvalue weighted by Crippen LogP contribution is 2.17. The minimum Gasteiger partial charge on any atom is -0.385 e. The van der Waals surface area contributed by atoms with Crippen LogP contribution < -0.4 is 5.32 Å². The largest absolute Gasteiger partial charge is 0.385 e. The average molecular weight is 302 g/mol. The Labute approximate surface area is 120 Å². The van der Waals surface area contributed by atoms with Crippen molar-refractivity contribution in [1.29, 1.82) is 0 Å².